The Morgan fingerprint density at radius 2 is 1.73 bits per heavy atom. The molecule has 1 saturated heterocycles. The van der Waals surface area contributed by atoms with Gasteiger partial charge in [-0.25, -0.2) is 9.59 Å². The number of imide groups is 1. The summed E-state index contributed by atoms with van der Waals surface area (Å²) in [4.78, 5) is 52.3. The molecule has 1 N–H and O–H groups in total. The van der Waals surface area contributed by atoms with Gasteiger partial charge in [-0.15, -0.1) is 5.06 Å². The van der Waals surface area contributed by atoms with Gasteiger partial charge in [0.1, 0.15) is 12.6 Å². The first-order chi connectivity index (χ1) is 12.4. The highest BCUT2D eigenvalue weighted by Crippen LogP contribution is 2.15. The molecule has 0 unspecified atom stereocenters. The average Bonchev–Trinajstić information content (AvgIpc) is 2.92. The summed E-state index contributed by atoms with van der Waals surface area (Å²) in [6, 6.07) is 8.06. The van der Waals surface area contributed by atoms with Crippen molar-refractivity contribution in [1.29, 1.82) is 0 Å². The first-order valence-electron chi connectivity index (χ1n) is 8.41. The van der Waals surface area contributed by atoms with Crippen LogP contribution in [0.5, 0.6) is 0 Å². The number of carbonyl (C=O) groups is 4. The van der Waals surface area contributed by atoms with E-state index < -0.39 is 29.9 Å². The largest absolute Gasteiger partial charge is 0.445 e. The first kappa shape index (κ1) is 19.4. The summed E-state index contributed by atoms with van der Waals surface area (Å²) in [7, 11) is 0. The molecule has 1 aromatic rings. The summed E-state index contributed by atoms with van der Waals surface area (Å²) < 4.78 is 5.10. The maximum Gasteiger partial charge on any atom is 0.408 e. The third-order valence-electron chi connectivity index (χ3n) is 3.68. The first-order valence-corrected chi connectivity index (χ1v) is 8.41. The van der Waals surface area contributed by atoms with E-state index in [0.717, 1.165) is 5.56 Å². The Morgan fingerprint density at radius 3 is 2.31 bits per heavy atom. The van der Waals surface area contributed by atoms with Crippen LogP contribution in [0.3, 0.4) is 0 Å². The van der Waals surface area contributed by atoms with E-state index in [2.05, 4.69) is 5.32 Å². The van der Waals surface area contributed by atoms with Crippen LogP contribution in [0.25, 0.3) is 0 Å². The molecule has 1 aliphatic heterocycles. The molecular weight excluding hydrogens is 340 g/mol. The van der Waals surface area contributed by atoms with E-state index in [9.17, 15) is 19.2 Å². The summed E-state index contributed by atoms with van der Waals surface area (Å²) in [5, 5.41) is 2.90. The van der Waals surface area contributed by atoms with Crippen LogP contribution in [0.2, 0.25) is 0 Å². The number of rotatable bonds is 7. The van der Waals surface area contributed by atoms with Crippen LogP contribution in [0, 0.1) is 5.92 Å². The highest BCUT2D eigenvalue weighted by molar-refractivity contribution is 6.01. The minimum Gasteiger partial charge on any atom is -0.445 e. The fourth-order valence-electron chi connectivity index (χ4n) is 2.40. The molecule has 1 atom stereocenters. The lowest BCUT2D eigenvalue weighted by molar-refractivity contribution is -0.199. The van der Waals surface area contributed by atoms with Crippen molar-refractivity contribution in [2.45, 2.75) is 45.8 Å². The maximum atomic E-state index is 12.3. The summed E-state index contributed by atoms with van der Waals surface area (Å²) in [6.45, 7) is 3.78. The van der Waals surface area contributed by atoms with Crippen molar-refractivity contribution in [2.24, 2.45) is 5.92 Å². The van der Waals surface area contributed by atoms with Crippen LogP contribution < -0.4 is 5.32 Å². The molecule has 1 aromatic carbocycles. The van der Waals surface area contributed by atoms with Crippen molar-refractivity contribution in [3.63, 3.8) is 0 Å². The standard InChI is InChI=1S/C18H22N2O6/c1-12(2)10-14(17(23)26-20-15(21)8-9-16(20)22)19-18(24)25-11-13-6-4-3-5-7-13/h3-7,12,14H,8-11H2,1-2H3,(H,19,24)/t14-/m1/s1. The van der Waals surface area contributed by atoms with E-state index in [1.165, 1.54) is 0 Å². The minimum atomic E-state index is -1.03. The topological polar surface area (TPSA) is 102 Å². The quantitative estimate of drug-likeness (QED) is 0.744. The SMILES string of the molecule is CC(C)C[C@@H](NC(=O)OCc1ccccc1)C(=O)ON1C(=O)CCC1=O. The number of ether oxygens (including phenoxy) is 1. The molecular formula is C18H22N2O6. The molecule has 1 fully saturated rings. The van der Waals surface area contributed by atoms with Crippen LogP contribution >= 0.6 is 0 Å². The average molecular weight is 362 g/mol. The lowest BCUT2D eigenvalue weighted by atomic mass is 10.0. The summed E-state index contributed by atoms with van der Waals surface area (Å²) in [5.41, 5.74) is 0.805. The van der Waals surface area contributed by atoms with Gasteiger partial charge in [-0.3, -0.25) is 9.59 Å². The Morgan fingerprint density at radius 1 is 1.12 bits per heavy atom. The molecule has 0 saturated carbocycles. The molecule has 0 aliphatic carbocycles. The van der Waals surface area contributed by atoms with Gasteiger partial charge in [0.05, 0.1) is 0 Å². The summed E-state index contributed by atoms with van der Waals surface area (Å²) in [6.07, 6.45) is -0.494. The number of hydroxylamine groups is 2. The van der Waals surface area contributed by atoms with Crippen molar-refractivity contribution in [1.82, 2.24) is 10.4 Å². The molecule has 8 heteroatoms. The molecule has 0 aromatic heterocycles. The molecule has 0 spiro atoms. The number of nitrogens with zero attached hydrogens (tertiary/aromatic N) is 1. The second kappa shape index (κ2) is 8.98. The Kier molecular flexibility index (Phi) is 6.71. The minimum absolute atomic E-state index is 0.00745. The van der Waals surface area contributed by atoms with Crippen LogP contribution in [0.4, 0.5) is 4.79 Å². The van der Waals surface area contributed by atoms with Crippen molar-refractivity contribution >= 4 is 23.9 Å². The third kappa shape index (κ3) is 5.58. The maximum absolute atomic E-state index is 12.3. The van der Waals surface area contributed by atoms with Gasteiger partial charge in [0.15, 0.2) is 0 Å². The third-order valence-corrected chi connectivity index (χ3v) is 3.68. The number of benzene rings is 1. The normalized spacial score (nSPS) is 15.1. The van der Waals surface area contributed by atoms with E-state index in [-0.39, 0.29) is 31.8 Å². The van der Waals surface area contributed by atoms with E-state index >= 15 is 0 Å². The number of alkyl carbamates (subject to hydrolysis) is 1. The van der Waals surface area contributed by atoms with Gasteiger partial charge in [-0.05, 0) is 17.9 Å². The highest BCUT2D eigenvalue weighted by Gasteiger charge is 2.35. The summed E-state index contributed by atoms with van der Waals surface area (Å²) in [5.74, 6) is -1.96. The van der Waals surface area contributed by atoms with Gasteiger partial charge in [-0.2, -0.15) is 0 Å². The van der Waals surface area contributed by atoms with Crippen LogP contribution in [0.15, 0.2) is 30.3 Å². The smallest absolute Gasteiger partial charge is 0.408 e. The lowest BCUT2D eigenvalue weighted by Gasteiger charge is -2.21. The second-order valence-corrected chi connectivity index (χ2v) is 6.38. The fraction of sp³-hybridized carbons (Fsp3) is 0.444. The van der Waals surface area contributed by atoms with E-state index in [0.29, 0.717) is 5.06 Å². The molecule has 26 heavy (non-hydrogen) atoms. The van der Waals surface area contributed by atoms with Gasteiger partial charge in [0.2, 0.25) is 0 Å². The van der Waals surface area contributed by atoms with Gasteiger partial charge >= 0.3 is 12.1 Å². The zero-order valence-electron chi connectivity index (χ0n) is 14.8. The van der Waals surface area contributed by atoms with Crippen LogP contribution in [0.1, 0.15) is 38.7 Å². The highest BCUT2D eigenvalue weighted by atomic mass is 16.7. The van der Waals surface area contributed by atoms with Gasteiger partial charge in [0, 0.05) is 12.8 Å². The molecule has 3 amide bonds. The molecule has 1 heterocycles. The lowest BCUT2D eigenvalue weighted by Crippen LogP contribution is -2.46. The Bertz CT molecular complexity index is 658. The zero-order valence-corrected chi connectivity index (χ0v) is 14.8. The fourth-order valence-corrected chi connectivity index (χ4v) is 2.40. The molecule has 2 rings (SSSR count). The number of hydrogen-bond acceptors (Lipinski definition) is 6. The molecule has 140 valence electrons. The van der Waals surface area contributed by atoms with E-state index in [1.807, 2.05) is 32.0 Å². The monoisotopic (exact) mass is 362 g/mol. The van der Waals surface area contributed by atoms with Crippen LogP contribution in [-0.4, -0.2) is 35.0 Å². The Labute approximate surface area is 151 Å². The van der Waals surface area contributed by atoms with Crippen molar-refractivity contribution in [3.05, 3.63) is 35.9 Å². The number of hydrogen-bond donors (Lipinski definition) is 1. The second-order valence-electron chi connectivity index (χ2n) is 6.38. The Hall–Kier alpha value is -2.90. The van der Waals surface area contributed by atoms with Crippen molar-refractivity contribution < 1.29 is 28.8 Å². The number of nitrogens with one attached hydrogen (secondary N) is 1. The number of amides is 3. The van der Waals surface area contributed by atoms with Gasteiger partial charge in [0.25, 0.3) is 11.8 Å². The van der Waals surface area contributed by atoms with Gasteiger partial charge in [-0.1, -0.05) is 44.2 Å². The molecule has 0 bridgehead atoms. The molecule has 8 nitrogen and oxygen atoms in total. The predicted octanol–water partition coefficient (Wildman–Crippen LogP) is 1.93. The number of carbonyl (C=O) groups excluding carboxylic acids is 4. The zero-order chi connectivity index (χ0) is 19.1. The van der Waals surface area contributed by atoms with Crippen molar-refractivity contribution in [2.75, 3.05) is 0 Å². The van der Waals surface area contributed by atoms with E-state index in [4.69, 9.17) is 9.57 Å². The van der Waals surface area contributed by atoms with Crippen LogP contribution in [-0.2, 0) is 30.6 Å². The van der Waals surface area contributed by atoms with Gasteiger partial charge < -0.3 is 14.9 Å². The molecule has 1 aliphatic rings. The Balaban J connectivity index is 1.92. The van der Waals surface area contributed by atoms with E-state index in [1.54, 1.807) is 12.1 Å². The van der Waals surface area contributed by atoms with Crippen molar-refractivity contribution in [3.8, 4) is 0 Å². The predicted molar refractivity (Wildman–Crippen MR) is 90.2 cm³/mol. The summed E-state index contributed by atoms with van der Waals surface area (Å²) >= 11 is 0. The molecule has 0 radical (unpaired) electrons.